The van der Waals surface area contributed by atoms with E-state index >= 15 is 0 Å². The molecule has 2 fully saturated rings. The van der Waals surface area contributed by atoms with Gasteiger partial charge in [0.25, 0.3) is 0 Å². The molecule has 0 radical (unpaired) electrons. The average molecular weight is 350 g/mol. The van der Waals surface area contributed by atoms with Gasteiger partial charge in [-0.15, -0.1) is 0 Å². The quantitative estimate of drug-likeness (QED) is 0.817. The van der Waals surface area contributed by atoms with E-state index in [1.54, 1.807) is 0 Å². The number of halogens is 1. The van der Waals surface area contributed by atoms with Crippen LogP contribution in [0.4, 0.5) is 0 Å². The Morgan fingerprint density at radius 1 is 1.08 bits per heavy atom. The Bertz CT molecular complexity index is 597. The van der Waals surface area contributed by atoms with Crippen LogP contribution in [0.2, 0.25) is 5.02 Å². The van der Waals surface area contributed by atoms with Crippen molar-refractivity contribution in [2.24, 2.45) is 17.8 Å². The maximum Gasteiger partial charge on any atom is 0.306 e. The summed E-state index contributed by atoms with van der Waals surface area (Å²) >= 11 is 5.91. The molecule has 0 saturated heterocycles. The molecule has 0 bridgehead atoms. The maximum absolute atomic E-state index is 12.9. The van der Waals surface area contributed by atoms with E-state index in [0.29, 0.717) is 31.7 Å². The van der Waals surface area contributed by atoms with Gasteiger partial charge >= 0.3 is 5.97 Å². The first kappa shape index (κ1) is 17.3. The Morgan fingerprint density at radius 2 is 1.75 bits per heavy atom. The Kier molecular flexibility index (Phi) is 5.44. The molecule has 0 unspecified atom stereocenters. The predicted octanol–water partition coefficient (Wildman–Crippen LogP) is 3.62. The average Bonchev–Trinajstić information content (AvgIpc) is 3.24. The highest BCUT2D eigenvalue weighted by Crippen LogP contribution is 2.34. The van der Waals surface area contributed by atoms with Crippen LogP contribution < -0.4 is 0 Å². The first-order valence-electron chi connectivity index (χ1n) is 8.79. The molecule has 2 aliphatic rings. The summed E-state index contributed by atoms with van der Waals surface area (Å²) < 4.78 is 0. The minimum Gasteiger partial charge on any atom is -0.481 e. The molecule has 0 aromatic heterocycles. The second kappa shape index (κ2) is 7.56. The van der Waals surface area contributed by atoms with E-state index in [1.165, 1.54) is 18.4 Å². The minimum atomic E-state index is -0.764. The van der Waals surface area contributed by atoms with Crippen molar-refractivity contribution < 1.29 is 14.7 Å². The SMILES string of the molecule is O=C(O)[C@@H]1CC[C@H](C(=O)N(CCc2ccc(Cl)cc2)CC2CC2)C1. The van der Waals surface area contributed by atoms with Crippen molar-refractivity contribution in [1.29, 1.82) is 0 Å². The molecular weight excluding hydrogens is 326 g/mol. The lowest BCUT2D eigenvalue weighted by Gasteiger charge is -2.26. The topological polar surface area (TPSA) is 57.6 Å². The minimum absolute atomic E-state index is 0.116. The molecule has 2 aliphatic carbocycles. The molecule has 0 heterocycles. The number of nitrogens with zero attached hydrogens (tertiary/aromatic N) is 1. The monoisotopic (exact) mass is 349 g/mol. The van der Waals surface area contributed by atoms with Gasteiger partial charge in [-0.2, -0.15) is 0 Å². The van der Waals surface area contributed by atoms with Crippen LogP contribution in [-0.2, 0) is 16.0 Å². The fourth-order valence-electron chi connectivity index (χ4n) is 3.51. The summed E-state index contributed by atoms with van der Waals surface area (Å²) in [6.07, 6.45) is 5.04. The first-order valence-corrected chi connectivity index (χ1v) is 9.16. The van der Waals surface area contributed by atoms with Gasteiger partial charge in [0.05, 0.1) is 5.92 Å². The standard InChI is InChI=1S/C19H24ClNO3/c20-17-7-3-13(4-8-17)9-10-21(12-14-1-2-14)18(22)15-5-6-16(11-15)19(23)24/h3-4,7-8,14-16H,1-2,5-6,9-12H2,(H,23,24)/t15-,16+/m0/s1. The van der Waals surface area contributed by atoms with E-state index < -0.39 is 5.97 Å². The molecule has 1 aromatic rings. The molecule has 1 amide bonds. The molecule has 24 heavy (non-hydrogen) atoms. The molecular formula is C19H24ClNO3. The third-order valence-corrected chi connectivity index (χ3v) is 5.45. The van der Waals surface area contributed by atoms with Gasteiger partial charge < -0.3 is 10.0 Å². The number of hydrogen-bond donors (Lipinski definition) is 1. The van der Waals surface area contributed by atoms with E-state index in [9.17, 15) is 9.59 Å². The molecule has 2 saturated carbocycles. The largest absolute Gasteiger partial charge is 0.481 e. The number of carboxylic acid groups (broad SMARTS) is 1. The number of carbonyl (C=O) groups is 2. The highest BCUT2D eigenvalue weighted by atomic mass is 35.5. The van der Waals surface area contributed by atoms with Crippen molar-refractivity contribution >= 4 is 23.5 Å². The lowest BCUT2D eigenvalue weighted by molar-refractivity contribution is -0.141. The first-order chi connectivity index (χ1) is 11.5. The van der Waals surface area contributed by atoms with Crippen molar-refractivity contribution in [3.05, 3.63) is 34.9 Å². The second-order valence-electron chi connectivity index (χ2n) is 7.15. The van der Waals surface area contributed by atoms with Crippen LogP contribution in [0.15, 0.2) is 24.3 Å². The number of aliphatic carboxylic acids is 1. The van der Waals surface area contributed by atoms with E-state index in [2.05, 4.69) is 0 Å². The number of rotatable bonds is 7. The molecule has 4 nitrogen and oxygen atoms in total. The number of carbonyl (C=O) groups excluding carboxylic acids is 1. The molecule has 130 valence electrons. The van der Waals surface area contributed by atoms with Crippen molar-refractivity contribution in [2.45, 2.75) is 38.5 Å². The van der Waals surface area contributed by atoms with Crippen LogP contribution in [0.5, 0.6) is 0 Å². The maximum atomic E-state index is 12.9. The van der Waals surface area contributed by atoms with Gasteiger partial charge in [-0.1, -0.05) is 23.7 Å². The van der Waals surface area contributed by atoms with Crippen LogP contribution in [0, 0.1) is 17.8 Å². The van der Waals surface area contributed by atoms with Gasteiger partial charge in [0.1, 0.15) is 0 Å². The van der Waals surface area contributed by atoms with E-state index in [-0.39, 0.29) is 17.7 Å². The normalized spacial score (nSPS) is 23.2. The number of hydrogen-bond acceptors (Lipinski definition) is 2. The van der Waals surface area contributed by atoms with Crippen molar-refractivity contribution in [1.82, 2.24) is 4.90 Å². The molecule has 0 spiro atoms. The summed E-state index contributed by atoms with van der Waals surface area (Å²) in [5.74, 6) is -0.441. The van der Waals surface area contributed by atoms with E-state index in [0.717, 1.165) is 18.0 Å². The zero-order valence-corrected chi connectivity index (χ0v) is 14.5. The zero-order chi connectivity index (χ0) is 17.1. The second-order valence-corrected chi connectivity index (χ2v) is 7.59. The Morgan fingerprint density at radius 3 is 2.33 bits per heavy atom. The Labute approximate surface area is 147 Å². The van der Waals surface area contributed by atoms with Gasteiger partial charge in [-0.25, -0.2) is 0 Å². The van der Waals surface area contributed by atoms with Crippen molar-refractivity contribution in [3.63, 3.8) is 0 Å². The summed E-state index contributed by atoms with van der Waals surface area (Å²) in [6.45, 7) is 1.52. The van der Waals surface area contributed by atoms with Gasteiger partial charge in [0.2, 0.25) is 5.91 Å². The highest BCUT2D eigenvalue weighted by Gasteiger charge is 2.37. The molecule has 2 atom stereocenters. The number of carboxylic acids is 1. The van der Waals surface area contributed by atoms with Crippen LogP contribution >= 0.6 is 11.6 Å². The van der Waals surface area contributed by atoms with Crippen molar-refractivity contribution in [2.75, 3.05) is 13.1 Å². The van der Waals surface area contributed by atoms with Crippen LogP contribution in [0.25, 0.3) is 0 Å². The fraction of sp³-hybridized carbons (Fsp3) is 0.579. The lowest BCUT2D eigenvalue weighted by atomic mass is 10.0. The number of benzene rings is 1. The fourth-order valence-corrected chi connectivity index (χ4v) is 3.63. The van der Waals surface area contributed by atoms with Gasteiger partial charge in [-0.05, 0) is 62.1 Å². The molecule has 0 aliphatic heterocycles. The highest BCUT2D eigenvalue weighted by molar-refractivity contribution is 6.30. The molecule has 1 N–H and O–H groups in total. The van der Waals surface area contributed by atoms with Crippen molar-refractivity contribution in [3.8, 4) is 0 Å². The third-order valence-electron chi connectivity index (χ3n) is 5.20. The zero-order valence-electron chi connectivity index (χ0n) is 13.8. The van der Waals surface area contributed by atoms with Crippen LogP contribution in [-0.4, -0.2) is 35.0 Å². The number of amides is 1. The molecule has 5 heteroatoms. The smallest absolute Gasteiger partial charge is 0.306 e. The van der Waals surface area contributed by atoms with Crippen LogP contribution in [0.3, 0.4) is 0 Å². The van der Waals surface area contributed by atoms with Gasteiger partial charge in [-0.3, -0.25) is 9.59 Å². The van der Waals surface area contributed by atoms with Gasteiger partial charge in [0.15, 0.2) is 0 Å². The summed E-state index contributed by atoms with van der Waals surface area (Å²) in [6, 6.07) is 7.74. The molecule has 3 rings (SSSR count). The molecule has 1 aromatic carbocycles. The predicted molar refractivity (Wildman–Crippen MR) is 92.9 cm³/mol. The van der Waals surface area contributed by atoms with Crippen LogP contribution in [0.1, 0.15) is 37.7 Å². The Balaban J connectivity index is 1.59. The summed E-state index contributed by atoms with van der Waals surface area (Å²) in [5, 5.41) is 9.86. The lowest BCUT2D eigenvalue weighted by Crippen LogP contribution is -2.38. The summed E-state index contributed by atoms with van der Waals surface area (Å²) in [5.41, 5.74) is 1.17. The Hall–Kier alpha value is -1.55. The van der Waals surface area contributed by atoms with E-state index in [1.807, 2.05) is 29.2 Å². The summed E-state index contributed by atoms with van der Waals surface area (Å²) in [4.78, 5) is 26.0. The third kappa shape index (κ3) is 4.50. The summed E-state index contributed by atoms with van der Waals surface area (Å²) in [7, 11) is 0. The van der Waals surface area contributed by atoms with Gasteiger partial charge in [0, 0.05) is 24.0 Å². The van der Waals surface area contributed by atoms with E-state index in [4.69, 9.17) is 16.7 Å².